The van der Waals surface area contributed by atoms with Crippen LogP contribution in [0.25, 0.3) is 0 Å². The van der Waals surface area contributed by atoms with E-state index in [9.17, 15) is 4.79 Å². The van der Waals surface area contributed by atoms with E-state index >= 15 is 0 Å². The Kier molecular flexibility index (Phi) is 4.79. The molecule has 2 nitrogen and oxygen atoms in total. The number of rotatable bonds is 3. The molecule has 0 saturated heterocycles. The normalized spacial score (nSPS) is 10.1. The zero-order valence-electron chi connectivity index (χ0n) is 12.3. The van der Waals surface area contributed by atoms with Gasteiger partial charge in [-0.15, -0.1) is 0 Å². The first kappa shape index (κ1) is 15.4. The van der Waals surface area contributed by atoms with Crippen LogP contribution in [-0.2, 0) is 0 Å². The fourth-order valence-corrected chi connectivity index (χ4v) is 2.67. The lowest BCUT2D eigenvalue weighted by Gasteiger charge is -2.07. The highest BCUT2D eigenvalue weighted by Crippen LogP contribution is 2.15. The van der Waals surface area contributed by atoms with Crippen molar-refractivity contribution in [1.29, 1.82) is 0 Å². The van der Waals surface area contributed by atoms with E-state index in [4.69, 9.17) is 0 Å². The molecule has 0 aliphatic carbocycles. The number of aliphatic imine (C=N–C) groups is 1. The van der Waals surface area contributed by atoms with E-state index in [0.717, 1.165) is 15.6 Å². The van der Waals surface area contributed by atoms with E-state index in [2.05, 4.69) is 20.9 Å². The summed E-state index contributed by atoms with van der Waals surface area (Å²) < 4.78 is 0.861. The molecule has 3 rings (SSSR count). The molecule has 0 heterocycles. The van der Waals surface area contributed by atoms with Crippen LogP contribution in [0, 0.1) is 0 Å². The zero-order chi connectivity index (χ0) is 16.1. The van der Waals surface area contributed by atoms with Crippen molar-refractivity contribution in [3.05, 3.63) is 106 Å². The van der Waals surface area contributed by atoms with Gasteiger partial charge in [0.1, 0.15) is 0 Å². The Morgan fingerprint density at radius 3 is 1.74 bits per heavy atom. The van der Waals surface area contributed by atoms with Crippen LogP contribution in [0.3, 0.4) is 0 Å². The summed E-state index contributed by atoms with van der Waals surface area (Å²) in [6, 6.07) is 26.8. The quantitative estimate of drug-likeness (QED) is 0.593. The van der Waals surface area contributed by atoms with Crippen LogP contribution in [0.15, 0.2) is 94.4 Å². The minimum Gasteiger partial charge on any atom is -0.267 e. The molecule has 0 atom stereocenters. The molecule has 23 heavy (non-hydrogen) atoms. The molecule has 0 radical (unpaired) electrons. The van der Waals surface area contributed by atoms with Crippen molar-refractivity contribution in [2.45, 2.75) is 0 Å². The number of hydrogen-bond acceptors (Lipinski definition) is 1. The average Bonchev–Trinajstić information content (AvgIpc) is 2.61. The van der Waals surface area contributed by atoms with Gasteiger partial charge in [0.15, 0.2) is 0 Å². The summed E-state index contributed by atoms with van der Waals surface area (Å²) in [7, 11) is 0. The molecule has 3 heteroatoms. The molecule has 3 aromatic carbocycles. The summed E-state index contributed by atoms with van der Waals surface area (Å²) in [5.74, 6) is -0.256. The molecule has 0 aliphatic rings. The van der Waals surface area contributed by atoms with Gasteiger partial charge in [0.2, 0.25) is 0 Å². The first-order valence-corrected chi connectivity index (χ1v) is 8.03. The van der Waals surface area contributed by atoms with E-state index in [1.54, 1.807) is 12.1 Å². The number of carbonyl (C=O) groups excluding carboxylic acids is 1. The van der Waals surface area contributed by atoms with Crippen LogP contribution in [0.1, 0.15) is 21.5 Å². The van der Waals surface area contributed by atoms with Gasteiger partial charge in [0, 0.05) is 21.2 Å². The zero-order valence-corrected chi connectivity index (χ0v) is 13.9. The van der Waals surface area contributed by atoms with Gasteiger partial charge in [-0.3, -0.25) is 4.79 Å². The third kappa shape index (κ3) is 3.82. The number of amides is 1. The molecule has 0 fully saturated rings. The molecule has 0 aliphatic heterocycles. The molecule has 0 bridgehead atoms. The number of nitrogens with zero attached hydrogens (tertiary/aromatic N) is 1. The second-order valence-corrected chi connectivity index (χ2v) is 5.92. The lowest BCUT2D eigenvalue weighted by Crippen LogP contribution is -2.07. The van der Waals surface area contributed by atoms with Gasteiger partial charge in [0.25, 0.3) is 5.91 Å². The highest BCUT2D eigenvalue weighted by atomic mass is 79.9. The lowest BCUT2D eigenvalue weighted by atomic mass is 10.0. The van der Waals surface area contributed by atoms with Crippen LogP contribution in [0.2, 0.25) is 0 Å². The van der Waals surface area contributed by atoms with E-state index in [0.29, 0.717) is 11.3 Å². The maximum absolute atomic E-state index is 12.5. The monoisotopic (exact) mass is 363 g/mol. The van der Waals surface area contributed by atoms with Gasteiger partial charge in [-0.05, 0) is 18.2 Å². The predicted molar refractivity (Wildman–Crippen MR) is 97.0 cm³/mol. The SMILES string of the molecule is O=C(N=C(c1ccccc1)c1ccccc1)c1cccc(Br)c1. The molecule has 0 N–H and O–H groups in total. The van der Waals surface area contributed by atoms with Crippen LogP contribution in [-0.4, -0.2) is 11.6 Å². The van der Waals surface area contributed by atoms with Crippen molar-refractivity contribution in [1.82, 2.24) is 0 Å². The summed E-state index contributed by atoms with van der Waals surface area (Å²) >= 11 is 3.39. The summed E-state index contributed by atoms with van der Waals surface area (Å²) in [6.45, 7) is 0. The van der Waals surface area contributed by atoms with Crippen LogP contribution >= 0.6 is 15.9 Å². The van der Waals surface area contributed by atoms with Crippen molar-refractivity contribution < 1.29 is 4.79 Å². The van der Waals surface area contributed by atoms with Gasteiger partial charge >= 0.3 is 0 Å². The first-order chi connectivity index (χ1) is 11.2. The predicted octanol–water partition coefficient (Wildman–Crippen LogP) is 5.13. The van der Waals surface area contributed by atoms with Crippen molar-refractivity contribution >= 4 is 27.5 Å². The topological polar surface area (TPSA) is 29.4 Å². The maximum atomic E-state index is 12.5. The molecule has 0 unspecified atom stereocenters. The van der Waals surface area contributed by atoms with Crippen LogP contribution in [0.4, 0.5) is 0 Å². The van der Waals surface area contributed by atoms with Gasteiger partial charge in [-0.1, -0.05) is 82.7 Å². The lowest BCUT2D eigenvalue weighted by molar-refractivity contribution is 0.100. The number of halogens is 1. The largest absolute Gasteiger partial charge is 0.277 e. The number of benzene rings is 3. The number of carbonyl (C=O) groups is 1. The van der Waals surface area contributed by atoms with Gasteiger partial charge < -0.3 is 0 Å². The highest BCUT2D eigenvalue weighted by Gasteiger charge is 2.11. The minimum atomic E-state index is -0.256. The van der Waals surface area contributed by atoms with Crippen molar-refractivity contribution in [2.75, 3.05) is 0 Å². The third-order valence-electron chi connectivity index (χ3n) is 3.38. The molecular weight excluding hydrogens is 350 g/mol. The van der Waals surface area contributed by atoms with E-state index in [1.165, 1.54) is 0 Å². The Balaban J connectivity index is 2.07. The van der Waals surface area contributed by atoms with Gasteiger partial charge in [0.05, 0.1) is 5.71 Å². The fourth-order valence-electron chi connectivity index (χ4n) is 2.28. The highest BCUT2D eigenvalue weighted by molar-refractivity contribution is 9.10. The van der Waals surface area contributed by atoms with Crippen molar-refractivity contribution in [3.8, 4) is 0 Å². The second kappa shape index (κ2) is 7.16. The average molecular weight is 364 g/mol. The summed E-state index contributed by atoms with van der Waals surface area (Å²) in [5.41, 5.74) is 3.07. The van der Waals surface area contributed by atoms with Crippen molar-refractivity contribution in [2.24, 2.45) is 4.99 Å². The van der Waals surface area contributed by atoms with Crippen LogP contribution in [0.5, 0.6) is 0 Å². The summed E-state index contributed by atoms with van der Waals surface area (Å²) in [4.78, 5) is 16.9. The molecule has 1 amide bonds. The standard InChI is InChI=1S/C20H14BrNO/c21-18-13-7-12-17(14-18)20(23)22-19(15-8-3-1-4-9-15)16-10-5-2-6-11-16/h1-14H. The van der Waals surface area contributed by atoms with E-state index < -0.39 is 0 Å². The smallest absolute Gasteiger partial charge is 0.267 e. The van der Waals surface area contributed by atoms with Gasteiger partial charge in [-0.25, -0.2) is 4.99 Å². The Bertz CT molecular complexity index is 800. The Hall–Kier alpha value is -2.52. The molecule has 3 aromatic rings. The van der Waals surface area contributed by atoms with E-state index in [1.807, 2.05) is 72.8 Å². The Labute approximate surface area is 143 Å². The first-order valence-electron chi connectivity index (χ1n) is 7.23. The fraction of sp³-hybridized carbons (Fsp3) is 0. The summed E-state index contributed by atoms with van der Waals surface area (Å²) in [6.07, 6.45) is 0. The van der Waals surface area contributed by atoms with E-state index in [-0.39, 0.29) is 5.91 Å². The molecular formula is C20H14BrNO. The molecule has 0 saturated carbocycles. The Morgan fingerprint density at radius 2 is 1.22 bits per heavy atom. The molecule has 112 valence electrons. The van der Waals surface area contributed by atoms with Gasteiger partial charge in [-0.2, -0.15) is 0 Å². The summed E-state index contributed by atoms with van der Waals surface area (Å²) in [5, 5.41) is 0. The maximum Gasteiger partial charge on any atom is 0.277 e. The van der Waals surface area contributed by atoms with Crippen LogP contribution < -0.4 is 0 Å². The minimum absolute atomic E-state index is 0.256. The molecule has 0 spiro atoms. The van der Waals surface area contributed by atoms with Crippen molar-refractivity contribution in [3.63, 3.8) is 0 Å². The molecule has 0 aromatic heterocycles. The number of hydrogen-bond donors (Lipinski definition) is 0. The second-order valence-electron chi connectivity index (χ2n) is 5.01. The third-order valence-corrected chi connectivity index (χ3v) is 3.87. The Morgan fingerprint density at radius 1 is 0.696 bits per heavy atom.